The highest BCUT2D eigenvalue weighted by molar-refractivity contribution is 4.85. The van der Waals surface area contributed by atoms with Crippen LogP contribution in [-0.2, 0) is 0 Å². The van der Waals surface area contributed by atoms with Crippen LogP contribution in [0.4, 0.5) is 0 Å². The molecule has 0 heterocycles. The van der Waals surface area contributed by atoms with Crippen molar-refractivity contribution in [1.82, 2.24) is 5.32 Å². The number of aliphatic hydroxyl groups excluding tert-OH is 1. The molecule has 0 aromatic rings. The smallest absolute Gasteiger partial charge is 0.0693 e. The lowest BCUT2D eigenvalue weighted by Crippen LogP contribution is -2.48. The Kier molecular flexibility index (Phi) is 3.87. The predicted octanol–water partition coefficient (Wildman–Crippen LogP) is 1.29. The standard InChI is InChI=1S/C9H19NO/c1-2-3-4-7-10-8-5-6-9(8)11/h8-11H,2-7H2,1H3/t8-,9-/m1/s1. The molecule has 0 bridgehead atoms. The molecule has 1 aliphatic rings. The Bertz CT molecular complexity index is 106. The molecule has 0 saturated heterocycles. The zero-order chi connectivity index (χ0) is 8.10. The summed E-state index contributed by atoms with van der Waals surface area (Å²) >= 11 is 0. The first-order valence-corrected chi connectivity index (χ1v) is 4.76. The number of aliphatic hydroxyl groups is 1. The van der Waals surface area contributed by atoms with Crippen LogP contribution in [0.1, 0.15) is 39.0 Å². The first kappa shape index (κ1) is 9.01. The van der Waals surface area contributed by atoms with Gasteiger partial charge in [0, 0.05) is 6.04 Å². The monoisotopic (exact) mass is 157 g/mol. The van der Waals surface area contributed by atoms with E-state index in [-0.39, 0.29) is 6.10 Å². The molecule has 1 aliphatic carbocycles. The number of unbranched alkanes of at least 4 members (excludes halogenated alkanes) is 2. The van der Waals surface area contributed by atoms with Gasteiger partial charge in [0.2, 0.25) is 0 Å². The van der Waals surface area contributed by atoms with Crippen LogP contribution in [0.3, 0.4) is 0 Å². The lowest BCUT2D eigenvalue weighted by Gasteiger charge is -2.33. The highest BCUT2D eigenvalue weighted by Crippen LogP contribution is 2.19. The van der Waals surface area contributed by atoms with Crippen molar-refractivity contribution >= 4 is 0 Å². The molecule has 0 aromatic carbocycles. The summed E-state index contributed by atoms with van der Waals surface area (Å²) in [4.78, 5) is 0. The van der Waals surface area contributed by atoms with Crippen LogP contribution in [0.25, 0.3) is 0 Å². The Labute approximate surface area is 69.0 Å². The van der Waals surface area contributed by atoms with Gasteiger partial charge in [-0.05, 0) is 25.8 Å². The lowest BCUT2D eigenvalue weighted by molar-refractivity contribution is 0.0501. The molecule has 1 rings (SSSR count). The first-order valence-electron chi connectivity index (χ1n) is 4.76. The van der Waals surface area contributed by atoms with Crippen molar-refractivity contribution in [1.29, 1.82) is 0 Å². The van der Waals surface area contributed by atoms with E-state index in [0.717, 1.165) is 19.4 Å². The van der Waals surface area contributed by atoms with Crippen molar-refractivity contribution in [2.24, 2.45) is 0 Å². The third-order valence-electron chi connectivity index (χ3n) is 2.42. The molecule has 11 heavy (non-hydrogen) atoms. The molecule has 0 aliphatic heterocycles. The SMILES string of the molecule is CCCCCN[C@@H]1CC[C@H]1O. The summed E-state index contributed by atoms with van der Waals surface area (Å²) in [5, 5.41) is 12.6. The van der Waals surface area contributed by atoms with Gasteiger partial charge in [-0.1, -0.05) is 19.8 Å². The zero-order valence-electron chi connectivity index (χ0n) is 7.34. The van der Waals surface area contributed by atoms with Crippen LogP contribution in [0.15, 0.2) is 0 Å². The van der Waals surface area contributed by atoms with Crippen molar-refractivity contribution in [3.63, 3.8) is 0 Å². The summed E-state index contributed by atoms with van der Waals surface area (Å²) in [6.45, 7) is 3.29. The van der Waals surface area contributed by atoms with E-state index < -0.39 is 0 Å². The molecule has 0 unspecified atom stereocenters. The van der Waals surface area contributed by atoms with Gasteiger partial charge in [-0.15, -0.1) is 0 Å². The summed E-state index contributed by atoms with van der Waals surface area (Å²) < 4.78 is 0. The molecule has 0 radical (unpaired) electrons. The van der Waals surface area contributed by atoms with Crippen LogP contribution in [0.5, 0.6) is 0 Å². The highest BCUT2D eigenvalue weighted by Gasteiger charge is 2.27. The average molecular weight is 157 g/mol. The fourth-order valence-corrected chi connectivity index (χ4v) is 1.38. The minimum atomic E-state index is -0.0587. The summed E-state index contributed by atoms with van der Waals surface area (Å²) in [6.07, 6.45) is 5.92. The van der Waals surface area contributed by atoms with Gasteiger partial charge < -0.3 is 10.4 Å². The maximum Gasteiger partial charge on any atom is 0.0693 e. The van der Waals surface area contributed by atoms with E-state index in [1.54, 1.807) is 0 Å². The third kappa shape index (κ3) is 2.80. The van der Waals surface area contributed by atoms with E-state index in [9.17, 15) is 5.11 Å². The molecule has 0 spiro atoms. The van der Waals surface area contributed by atoms with Gasteiger partial charge >= 0.3 is 0 Å². The molecule has 0 aromatic heterocycles. The number of hydrogen-bond acceptors (Lipinski definition) is 2. The number of nitrogens with one attached hydrogen (secondary N) is 1. The molecule has 66 valence electrons. The van der Waals surface area contributed by atoms with E-state index in [0.29, 0.717) is 6.04 Å². The topological polar surface area (TPSA) is 32.3 Å². The quantitative estimate of drug-likeness (QED) is 0.589. The zero-order valence-corrected chi connectivity index (χ0v) is 7.34. The summed E-state index contributed by atoms with van der Waals surface area (Å²) in [5.74, 6) is 0. The van der Waals surface area contributed by atoms with Crippen LogP contribution >= 0.6 is 0 Å². The molecule has 0 amide bonds. The molecule has 2 heteroatoms. The molecule has 1 saturated carbocycles. The second-order valence-corrected chi connectivity index (χ2v) is 3.41. The highest BCUT2D eigenvalue weighted by atomic mass is 16.3. The minimum absolute atomic E-state index is 0.0587. The molecule has 2 nitrogen and oxygen atoms in total. The maximum atomic E-state index is 9.20. The molecule has 2 atom stereocenters. The second kappa shape index (κ2) is 4.73. The molecule has 1 fully saturated rings. The van der Waals surface area contributed by atoms with Crippen molar-refractivity contribution < 1.29 is 5.11 Å². The van der Waals surface area contributed by atoms with Crippen LogP contribution in [0, 0.1) is 0 Å². The van der Waals surface area contributed by atoms with E-state index in [4.69, 9.17) is 0 Å². The van der Waals surface area contributed by atoms with Gasteiger partial charge in [0.1, 0.15) is 0 Å². The summed E-state index contributed by atoms with van der Waals surface area (Å²) in [7, 11) is 0. The minimum Gasteiger partial charge on any atom is -0.392 e. The van der Waals surface area contributed by atoms with Gasteiger partial charge in [0.05, 0.1) is 6.10 Å². The number of rotatable bonds is 5. The fraction of sp³-hybridized carbons (Fsp3) is 1.00. The number of hydrogen-bond donors (Lipinski definition) is 2. The van der Waals surface area contributed by atoms with Gasteiger partial charge in [0.15, 0.2) is 0 Å². The summed E-state index contributed by atoms with van der Waals surface area (Å²) in [5.41, 5.74) is 0. The van der Waals surface area contributed by atoms with E-state index in [1.807, 2.05) is 0 Å². The van der Waals surface area contributed by atoms with E-state index >= 15 is 0 Å². The average Bonchev–Trinajstić information content (AvgIpc) is 2.02. The van der Waals surface area contributed by atoms with E-state index in [1.165, 1.54) is 19.3 Å². The van der Waals surface area contributed by atoms with Crippen molar-refractivity contribution in [3.05, 3.63) is 0 Å². The van der Waals surface area contributed by atoms with Crippen molar-refractivity contribution in [2.75, 3.05) is 6.54 Å². The van der Waals surface area contributed by atoms with Crippen molar-refractivity contribution in [3.8, 4) is 0 Å². The fourth-order valence-electron chi connectivity index (χ4n) is 1.38. The molecular formula is C9H19NO. The Morgan fingerprint density at radius 1 is 1.36 bits per heavy atom. The van der Waals surface area contributed by atoms with E-state index in [2.05, 4.69) is 12.2 Å². The second-order valence-electron chi connectivity index (χ2n) is 3.41. The third-order valence-corrected chi connectivity index (χ3v) is 2.42. The van der Waals surface area contributed by atoms with Crippen LogP contribution in [0.2, 0.25) is 0 Å². The largest absolute Gasteiger partial charge is 0.392 e. The molecular weight excluding hydrogens is 138 g/mol. The Morgan fingerprint density at radius 2 is 2.18 bits per heavy atom. The predicted molar refractivity (Wildman–Crippen MR) is 46.6 cm³/mol. The van der Waals surface area contributed by atoms with Crippen LogP contribution in [-0.4, -0.2) is 23.8 Å². The van der Waals surface area contributed by atoms with Gasteiger partial charge in [-0.2, -0.15) is 0 Å². The van der Waals surface area contributed by atoms with Gasteiger partial charge in [-0.3, -0.25) is 0 Å². The molecule has 2 N–H and O–H groups in total. The Balaban J connectivity index is 1.87. The Morgan fingerprint density at radius 3 is 2.64 bits per heavy atom. The van der Waals surface area contributed by atoms with Gasteiger partial charge in [-0.25, -0.2) is 0 Å². The first-order chi connectivity index (χ1) is 5.34. The van der Waals surface area contributed by atoms with Gasteiger partial charge in [0.25, 0.3) is 0 Å². The van der Waals surface area contributed by atoms with Crippen molar-refractivity contribution in [2.45, 2.75) is 51.2 Å². The lowest BCUT2D eigenvalue weighted by atomic mass is 9.89. The normalized spacial score (nSPS) is 30.0. The maximum absolute atomic E-state index is 9.20. The van der Waals surface area contributed by atoms with Crippen LogP contribution < -0.4 is 5.32 Å². The summed E-state index contributed by atoms with van der Waals surface area (Å²) in [6, 6.07) is 0.409. The Hall–Kier alpha value is -0.0800.